The summed E-state index contributed by atoms with van der Waals surface area (Å²) >= 11 is 0. The number of nitrogens with zero attached hydrogens (tertiary/aromatic N) is 1. The highest BCUT2D eigenvalue weighted by molar-refractivity contribution is 5.90. The normalized spacial score (nSPS) is 16.5. The van der Waals surface area contributed by atoms with E-state index in [-0.39, 0.29) is 19.0 Å². The molecule has 1 aliphatic heterocycles. The van der Waals surface area contributed by atoms with Crippen LogP contribution < -0.4 is 26.4 Å². The number of cyclic esters (lactones) is 1. The lowest BCUT2D eigenvalue weighted by Crippen LogP contribution is -2.36. The number of ether oxygens (including phenoxy) is 1. The van der Waals surface area contributed by atoms with Crippen molar-refractivity contribution in [2.75, 3.05) is 36.5 Å². The van der Waals surface area contributed by atoms with Gasteiger partial charge in [0.2, 0.25) is 5.91 Å². The van der Waals surface area contributed by atoms with Crippen molar-refractivity contribution in [1.29, 1.82) is 0 Å². The molecule has 0 radical (unpaired) electrons. The molecule has 0 saturated carbocycles. The molecule has 8 nitrogen and oxygen atoms in total. The van der Waals surface area contributed by atoms with Gasteiger partial charge in [-0.3, -0.25) is 15.1 Å². The molecular weight excluding hydrogens is 329 g/mol. The number of carbonyl (C=O) groups excluding carboxylic acids is 2. The molecule has 0 unspecified atom stereocenters. The molecule has 1 aromatic carbocycles. The van der Waals surface area contributed by atoms with Crippen LogP contribution in [0.3, 0.4) is 0 Å². The third-order valence-electron chi connectivity index (χ3n) is 3.46. The molecular formula is C16H22FN5O3. The topological polar surface area (TPSA) is 94.7 Å². The fourth-order valence-electron chi connectivity index (χ4n) is 2.26. The van der Waals surface area contributed by atoms with E-state index in [0.29, 0.717) is 24.6 Å². The van der Waals surface area contributed by atoms with Crippen LogP contribution in [0.2, 0.25) is 0 Å². The summed E-state index contributed by atoms with van der Waals surface area (Å²) in [4.78, 5) is 24.2. The summed E-state index contributed by atoms with van der Waals surface area (Å²) < 4.78 is 19.4. The first-order chi connectivity index (χ1) is 12.0. The van der Waals surface area contributed by atoms with Crippen molar-refractivity contribution >= 4 is 23.4 Å². The summed E-state index contributed by atoms with van der Waals surface area (Å²) in [5, 5.41) is 5.47. The highest BCUT2D eigenvalue weighted by Gasteiger charge is 2.32. The Morgan fingerprint density at radius 2 is 2.28 bits per heavy atom. The molecule has 25 heavy (non-hydrogen) atoms. The Morgan fingerprint density at radius 1 is 1.48 bits per heavy atom. The molecule has 4 N–H and O–H groups in total. The lowest BCUT2D eigenvalue weighted by Gasteiger charge is -2.15. The van der Waals surface area contributed by atoms with Crippen molar-refractivity contribution in [2.24, 2.45) is 0 Å². The minimum atomic E-state index is -0.564. The summed E-state index contributed by atoms with van der Waals surface area (Å²) in [6, 6.07) is 4.44. The number of carbonyl (C=O) groups is 2. The number of hydrogen-bond acceptors (Lipinski definition) is 6. The fourth-order valence-corrected chi connectivity index (χ4v) is 2.26. The van der Waals surface area contributed by atoms with E-state index < -0.39 is 18.0 Å². The Morgan fingerprint density at radius 3 is 2.96 bits per heavy atom. The third kappa shape index (κ3) is 5.44. The molecule has 0 aliphatic carbocycles. The van der Waals surface area contributed by atoms with Crippen molar-refractivity contribution in [3.63, 3.8) is 0 Å². The SMILES string of the molecule is C=CCNNCNc1ccc(N2C[C@H](CNC(C)=O)OC2=O)cc1F. The number of amides is 2. The molecule has 0 aromatic heterocycles. The van der Waals surface area contributed by atoms with Crippen LogP contribution in [0.25, 0.3) is 0 Å². The summed E-state index contributed by atoms with van der Waals surface area (Å²) in [5.74, 6) is -0.687. The van der Waals surface area contributed by atoms with Crippen LogP contribution in [0.4, 0.5) is 20.6 Å². The molecule has 1 atom stereocenters. The largest absolute Gasteiger partial charge is 0.442 e. The molecule has 0 spiro atoms. The summed E-state index contributed by atoms with van der Waals surface area (Å²) in [6.07, 6.45) is 0.666. The van der Waals surface area contributed by atoms with E-state index in [1.165, 1.54) is 17.9 Å². The van der Waals surface area contributed by atoms with E-state index in [1.54, 1.807) is 18.2 Å². The zero-order valence-electron chi connectivity index (χ0n) is 14.0. The van der Waals surface area contributed by atoms with Crippen molar-refractivity contribution in [1.82, 2.24) is 16.2 Å². The molecule has 1 fully saturated rings. The second kappa shape index (κ2) is 9.00. The number of halogens is 1. The maximum absolute atomic E-state index is 14.2. The molecule has 1 saturated heterocycles. The predicted molar refractivity (Wildman–Crippen MR) is 92.5 cm³/mol. The molecule has 0 bridgehead atoms. The van der Waals surface area contributed by atoms with Gasteiger partial charge in [0.05, 0.1) is 31.1 Å². The van der Waals surface area contributed by atoms with Gasteiger partial charge in [0.15, 0.2) is 0 Å². The first-order valence-electron chi connectivity index (χ1n) is 7.84. The zero-order valence-corrected chi connectivity index (χ0v) is 14.0. The molecule has 2 amide bonds. The molecule has 1 aliphatic rings. The number of anilines is 2. The molecule has 136 valence electrons. The molecule has 9 heteroatoms. The summed E-state index contributed by atoms with van der Waals surface area (Å²) in [6.45, 7) is 6.32. The number of nitrogens with one attached hydrogen (secondary N) is 4. The van der Waals surface area contributed by atoms with Gasteiger partial charge in [0.1, 0.15) is 11.9 Å². The predicted octanol–water partition coefficient (Wildman–Crippen LogP) is 0.937. The number of rotatable bonds is 9. The number of hydrogen-bond donors (Lipinski definition) is 4. The average molecular weight is 351 g/mol. The lowest BCUT2D eigenvalue weighted by molar-refractivity contribution is -0.119. The fraction of sp³-hybridized carbons (Fsp3) is 0.375. The minimum absolute atomic E-state index is 0.202. The van der Waals surface area contributed by atoms with Crippen LogP contribution in [0.15, 0.2) is 30.9 Å². The number of hydrazine groups is 1. The lowest BCUT2D eigenvalue weighted by atomic mass is 10.2. The van der Waals surface area contributed by atoms with Gasteiger partial charge in [0, 0.05) is 13.5 Å². The van der Waals surface area contributed by atoms with E-state index in [2.05, 4.69) is 28.1 Å². The third-order valence-corrected chi connectivity index (χ3v) is 3.46. The van der Waals surface area contributed by atoms with Gasteiger partial charge < -0.3 is 15.4 Å². The van der Waals surface area contributed by atoms with Crippen LogP contribution in [0.1, 0.15) is 6.92 Å². The van der Waals surface area contributed by atoms with Gasteiger partial charge in [-0.25, -0.2) is 14.6 Å². The monoisotopic (exact) mass is 351 g/mol. The van der Waals surface area contributed by atoms with E-state index >= 15 is 0 Å². The van der Waals surface area contributed by atoms with E-state index in [1.807, 2.05) is 0 Å². The minimum Gasteiger partial charge on any atom is -0.442 e. The van der Waals surface area contributed by atoms with E-state index in [4.69, 9.17) is 4.74 Å². The van der Waals surface area contributed by atoms with Gasteiger partial charge in [-0.2, -0.15) is 0 Å². The van der Waals surface area contributed by atoms with Crippen molar-refractivity contribution in [3.8, 4) is 0 Å². The second-order valence-corrected chi connectivity index (χ2v) is 5.42. The van der Waals surface area contributed by atoms with Gasteiger partial charge in [-0.05, 0) is 18.2 Å². The molecule has 2 rings (SSSR count). The maximum atomic E-state index is 14.2. The van der Waals surface area contributed by atoms with Crippen molar-refractivity contribution in [2.45, 2.75) is 13.0 Å². The van der Waals surface area contributed by atoms with Crippen molar-refractivity contribution in [3.05, 3.63) is 36.7 Å². The van der Waals surface area contributed by atoms with Gasteiger partial charge in [0.25, 0.3) is 0 Å². The Hall–Kier alpha value is -2.65. The van der Waals surface area contributed by atoms with Crippen LogP contribution in [-0.4, -0.2) is 44.4 Å². The number of benzene rings is 1. The smallest absolute Gasteiger partial charge is 0.414 e. The van der Waals surface area contributed by atoms with Crippen LogP contribution in [-0.2, 0) is 9.53 Å². The first-order valence-corrected chi connectivity index (χ1v) is 7.84. The van der Waals surface area contributed by atoms with Gasteiger partial charge in [-0.1, -0.05) is 6.08 Å². The Balaban J connectivity index is 1.92. The Kier molecular flexibility index (Phi) is 6.72. The van der Waals surface area contributed by atoms with Gasteiger partial charge in [-0.15, -0.1) is 6.58 Å². The molecule has 1 aromatic rings. The summed E-state index contributed by atoms with van der Waals surface area (Å²) in [7, 11) is 0. The standard InChI is InChI=1S/C16H22FN5O3/c1-3-6-20-21-10-19-15-5-4-12(7-14(15)17)22-9-13(25-16(22)24)8-18-11(2)23/h3-5,7,13,19-21H,1,6,8-10H2,2H3,(H,18,23)/t13-/m0/s1. The van der Waals surface area contributed by atoms with Gasteiger partial charge >= 0.3 is 6.09 Å². The van der Waals surface area contributed by atoms with Crippen LogP contribution in [0.5, 0.6) is 0 Å². The Labute approximate surface area is 145 Å². The Bertz CT molecular complexity index is 640. The highest BCUT2D eigenvalue weighted by Crippen LogP contribution is 2.25. The van der Waals surface area contributed by atoms with E-state index in [9.17, 15) is 14.0 Å². The zero-order chi connectivity index (χ0) is 18.2. The second-order valence-electron chi connectivity index (χ2n) is 5.42. The highest BCUT2D eigenvalue weighted by atomic mass is 19.1. The average Bonchev–Trinajstić information content (AvgIpc) is 2.95. The maximum Gasteiger partial charge on any atom is 0.414 e. The van der Waals surface area contributed by atoms with Crippen LogP contribution >= 0.6 is 0 Å². The summed E-state index contributed by atoms with van der Waals surface area (Å²) in [5.41, 5.74) is 6.41. The van der Waals surface area contributed by atoms with Crippen molar-refractivity contribution < 1.29 is 18.7 Å². The first kappa shape index (κ1) is 18.7. The van der Waals surface area contributed by atoms with Crippen LogP contribution in [0, 0.1) is 5.82 Å². The quantitative estimate of drug-likeness (QED) is 0.229. The molecule has 1 heterocycles. The van der Waals surface area contributed by atoms with E-state index in [0.717, 1.165) is 0 Å².